The molecule has 95 valence electrons. The molecule has 0 N–H and O–H groups in total. The predicted octanol–water partition coefficient (Wildman–Crippen LogP) is 3.01. The van der Waals surface area contributed by atoms with Gasteiger partial charge in [0, 0.05) is 12.4 Å². The van der Waals surface area contributed by atoms with E-state index in [1.807, 2.05) is 5.40 Å². The van der Waals surface area contributed by atoms with Crippen LogP contribution in [0, 0.1) is 10.7 Å². The van der Waals surface area contributed by atoms with Crippen LogP contribution in [0.1, 0.15) is 11.4 Å². The molecule has 0 aliphatic carbocycles. The third-order valence-electron chi connectivity index (χ3n) is 1.25. The van der Waals surface area contributed by atoms with Gasteiger partial charge in [0.05, 0.1) is 17.1 Å². The summed E-state index contributed by atoms with van der Waals surface area (Å²) in [5.41, 5.74) is 1.30. The monoisotopic (exact) mass is 360 g/mol. The van der Waals surface area contributed by atoms with Crippen molar-refractivity contribution in [3.63, 3.8) is 0 Å². The molecule has 5 nitrogen and oxygen atoms in total. The molecule has 10 heteroatoms. The van der Waals surface area contributed by atoms with Crippen LogP contribution < -0.4 is 4.98 Å². The van der Waals surface area contributed by atoms with E-state index in [1.165, 1.54) is 12.4 Å². The van der Waals surface area contributed by atoms with Crippen molar-refractivity contribution in [3.05, 3.63) is 23.5 Å². The van der Waals surface area contributed by atoms with E-state index >= 15 is 0 Å². The molecule has 0 aliphatic rings. The summed E-state index contributed by atoms with van der Waals surface area (Å²) in [7, 11) is 9.53. The normalized spacial score (nSPS) is 9.61. The van der Waals surface area contributed by atoms with Gasteiger partial charge >= 0.3 is 33.3 Å². The average molecular weight is 361 g/mol. The molecular formula is C8H4Cl2FeN5S2. The summed E-state index contributed by atoms with van der Waals surface area (Å²) >= 11 is 5.33. The van der Waals surface area contributed by atoms with E-state index in [-0.39, 0.29) is 13.1 Å². The van der Waals surface area contributed by atoms with Crippen molar-refractivity contribution >= 4 is 62.0 Å². The van der Waals surface area contributed by atoms with Gasteiger partial charge in [0.2, 0.25) is 0 Å². The van der Waals surface area contributed by atoms with Gasteiger partial charge in [0.25, 0.3) is 0 Å². The summed E-state index contributed by atoms with van der Waals surface area (Å²) in [5.74, 6) is 0. The molecule has 0 saturated carbocycles. The Morgan fingerprint density at radius 2 is 2.00 bits per heavy atom. The van der Waals surface area contributed by atoms with Gasteiger partial charge in [0.15, 0.2) is 5.40 Å². The van der Waals surface area contributed by atoms with E-state index < -0.39 is 0 Å². The van der Waals surface area contributed by atoms with E-state index in [0.29, 0.717) is 11.4 Å². The SMILES string of the molecule is N#CS/N=C/c1ccc(/C=N/N=C=S)[n-]1.[Cl][Fe+][Cl]. The van der Waals surface area contributed by atoms with Crippen molar-refractivity contribution in [3.8, 4) is 5.40 Å². The van der Waals surface area contributed by atoms with Gasteiger partial charge in [-0.1, -0.05) is 17.2 Å². The molecule has 1 aromatic rings. The van der Waals surface area contributed by atoms with E-state index in [4.69, 9.17) is 25.5 Å². The van der Waals surface area contributed by atoms with Crippen LogP contribution in [-0.4, -0.2) is 17.6 Å². The third kappa shape index (κ3) is 9.40. The van der Waals surface area contributed by atoms with Gasteiger partial charge < -0.3 is 4.98 Å². The number of isothiocyanates is 1. The van der Waals surface area contributed by atoms with Crippen LogP contribution in [0.4, 0.5) is 0 Å². The van der Waals surface area contributed by atoms with Crippen LogP contribution >= 0.6 is 44.4 Å². The van der Waals surface area contributed by atoms with E-state index in [1.54, 1.807) is 12.1 Å². The van der Waals surface area contributed by atoms with Crippen LogP contribution in [0.5, 0.6) is 0 Å². The fourth-order valence-electron chi connectivity index (χ4n) is 0.754. The molecule has 0 radical (unpaired) electrons. The summed E-state index contributed by atoms with van der Waals surface area (Å²) < 4.78 is 3.74. The summed E-state index contributed by atoms with van der Waals surface area (Å²) in [5, 5.41) is 19.1. The second kappa shape index (κ2) is 12.8. The van der Waals surface area contributed by atoms with Gasteiger partial charge in [0.1, 0.15) is 0 Å². The van der Waals surface area contributed by atoms with Crippen LogP contribution in [0.2, 0.25) is 0 Å². The second-order valence-electron chi connectivity index (χ2n) is 2.20. The van der Waals surface area contributed by atoms with Crippen LogP contribution in [0.3, 0.4) is 0 Å². The van der Waals surface area contributed by atoms with E-state index in [0.717, 1.165) is 11.9 Å². The van der Waals surface area contributed by atoms with Gasteiger partial charge in [-0.2, -0.15) is 10.4 Å². The number of nitriles is 1. The molecule has 0 saturated heterocycles. The molecule has 1 heterocycles. The maximum atomic E-state index is 8.22. The van der Waals surface area contributed by atoms with Crippen molar-refractivity contribution in [2.75, 3.05) is 0 Å². The van der Waals surface area contributed by atoms with Crippen molar-refractivity contribution < 1.29 is 13.1 Å². The number of halogens is 2. The average Bonchev–Trinajstić information content (AvgIpc) is 2.79. The fraction of sp³-hybridized carbons (Fsp3) is 0. The van der Waals surface area contributed by atoms with Crippen LogP contribution in [0.25, 0.3) is 0 Å². The Balaban J connectivity index is 0.000000873. The molecule has 0 atom stereocenters. The molecular weight excluding hydrogens is 357 g/mol. The van der Waals surface area contributed by atoms with Crippen LogP contribution in [-0.2, 0) is 13.1 Å². The molecule has 1 aromatic heterocycles. The van der Waals surface area contributed by atoms with E-state index in [2.05, 4.69) is 37.0 Å². The summed E-state index contributed by atoms with van der Waals surface area (Å²) in [6, 6.07) is 3.50. The van der Waals surface area contributed by atoms with Crippen molar-refractivity contribution in [1.29, 1.82) is 5.26 Å². The van der Waals surface area contributed by atoms with Crippen molar-refractivity contribution in [1.82, 2.24) is 4.98 Å². The van der Waals surface area contributed by atoms with Crippen molar-refractivity contribution in [2.24, 2.45) is 14.6 Å². The Bertz CT molecular complexity index is 490. The molecule has 1 rings (SSSR count). The first-order chi connectivity index (χ1) is 8.78. The molecule has 0 amide bonds. The second-order valence-corrected chi connectivity index (χ2v) is 4.78. The standard InChI is InChI=1S/C8H4N5S2.2ClH.Fe/c9-5-15-12-4-8-2-1-7(13-8)3-10-11-6-14;;;/h1-4H;2*1H;/q-1;;;+3/p-2. The third-order valence-corrected chi connectivity index (χ3v) is 1.62. The fourth-order valence-corrected chi connectivity index (χ4v) is 1.01. The van der Waals surface area contributed by atoms with Gasteiger partial charge in [-0.3, -0.25) is 0 Å². The Hall–Kier alpha value is -0.641. The Labute approximate surface area is 128 Å². The number of aromatic nitrogens is 1. The topological polar surface area (TPSA) is 75.0 Å². The number of rotatable bonds is 4. The first-order valence-electron chi connectivity index (χ1n) is 3.96. The predicted molar refractivity (Wildman–Crippen MR) is 74.9 cm³/mol. The molecule has 0 aliphatic heterocycles. The zero-order chi connectivity index (χ0) is 13.6. The molecule has 0 fully saturated rings. The first-order valence-corrected chi connectivity index (χ1v) is 8.18. The summed E-state index contributed by atoms with van der Waals surface area (Å²) in [6.45, 7) is 0. The number of thiocyanates is 1. The van der Waals surface area contributed by atoms with Gasteiger partial charge in [-0.15, -0.1) is 11.4 Å². The van der Waals surface area contributed by atoms with Crippen molar-refractivity contribution in [2.45, 2.75) is 0 Å². The number of hydrogen-bond donors (Lipinski definition) is 0. The Kier molecular flexibility index (Phi) is 12.4. The molecule has 0 aromatic carbocycles. The Morgan fingerprint density at radius 3 is 2.56 bits per heavy atom. The van der Waals surface area contributed by atoms with E-state index in [9.17, 15) is 0 Å². The molecule has 0 bridgehead atoms. The Morgan fingerprint density at radius 1 is 1.39 bits per heavy atom. The molecule has 18 heavy (non-hydrogen) atoms. The molecule has 0 unspecified atom stereocenters. The van der Waals surface area contributed by atoms with Crippen LogP contribution in [0.15, 0.2) is 26.7 Å². The number of nitrogens with zero attached hydrogens (tertiary/aromatic N) is 5. The van der Waals surface area contributed by atoms with Gasteiger partial charge in [-0.05, 0) is 12.2 Å². The zero-order valence-electron chi connectivity index (χ0n) is 8.47. The maximum absolute atomic E-state index is 8.22. The quantitative estimate of drug-likeness (QED) is 0.206. The number of hydrogen-bond acceptors (Lipinski definition) is 6. The summed E-state index contributed by atoms with van der Waals surface area (Å²) in [6.07, 6.45) is 2.95. The summed E-state index contributed by atoms with van der Waals surface area (Å²) in [4.78, 5) is 4.11. The zero-order valence-corrected chi connectivity index (χ0v) is 12.7. The number of thiocarbonyl (C=S) groups is 1. The molecule has 0 spiro atoms. The first kappa shape index (κ1) is 17.4. The van der Waals surface area contributed by atoms with Gasteiger partial charge in [-0.25, -0.2) is 4.40 Å². The minimum atomic E-state index is 0.194. The minimum absolute atomic E-state index is 0.194.